The number of hydrogen-bond donors (Lipinski definition) is 0. The van der Waals surface area contributed by atoms with Crippen molar-refractivity contribution in [2.75, 3.05) is 0 Å². The Morgan fingerprint density at radius 3 is 2.70 bits per heavy atom. The number of alkyl halides is 3. The summed E-state index contributed by atoms with van der Waals surface area (Å²) >= 11 is 0. The number of hydrogen-bond acceptors (Lipinski definition) is 5. The molecular weight excluding hydrogens is 363 g/mol. The minimum Gasteiger partial charge on any atom is -0.329 e. The number of rotatable bonds is 3. The average molecular weight is 375 g/mol. The van der Waals surface area contributed by atoms with E-state index in [9.17, 15) is 18.0 Å². The van der Waals surface area contributed by atoms with Crippen molar-refractivity contribution in [1.29, 1.82) is 0 Å². The Bertz CT molecular complexity index is 1190. The zero-order valence-electron chi connectivity index (χ0n) is 13.9. The third-order valence-corrected chi connectivity index (χ3v) is 4.09. The second-order valence-corrected chi connectivity index (χ2v) is 5.96. The molecule has 0 unspecified atom stereocenters. The molecule has 0 amide bonds. The first kappa shape index (κ1) is 17.0. The lowest BCUT2D eigenvalue weighted by Crippen LogP contribution is -2.19. The lowest BCUT2D eigenvalue weighted by atomic mass is 10.1. The highest BCUT2D eigenvalue weighted by Gasteiger charge is 2.38. The van der Waals surface area contributed by atoms with Gasteiger partial charge in [-0.25, -0.2) is 0 Å². The van der Waals surface area contributed by atoms with Gasteiger partial charge in [0.1, 0.15) is 0 Å². The van der Waals surface area contributed by atoms with Gasteiger partial charge < -0.3 is 9.09 Å². The summed E-state index contributed by atoms with van der Waals surface area (Å²) in [6.45, 7) is 0.306. The van der Waals surface area contributed by atoms with Crippen LogP contribution in [0.5, 0.6) is 0 Å². The van der Waals surface area contributed by atoms with Crippen molar-refractivity contribution >= 4 is 10.9 Å². The van der Waals surface area contributed by atoms with Crippen molar-refractivity contribution in [2.45, 2.75) is 12.7 Å². The Labute approximate surface area is 149 Å². The first-order valence-corrected chi connectivity index (χ1v) is 7.84. The molecule has 3 aromatic heterocycles. The Hall–Kier alpha value is -3.43. The highest BCUT2D eigenvalue weighted by Crippen LogP contribution is 2.29. The first-order valence-electron chi connectivity index (χ1n) is 7.84. The Balaban J connectivity index is 1.62. The first-order chi connectivity index (χ1) is 12.8. The van der Waals surface area contributed by atoms with Gasteiger partial charge in [-0.05, 0) is 17.7 Å². The highest BCUT2D eigenvalue weighted by molar-refractivity contribution is 5.79. The van der Waals surface area contributed by atoms with Crippen LogP contribution in [0.4, 0.5) is 13.2 Å². The Morgan fingerprint density at radius 1 is 1.19 bits per heavy atom. The molecule has 0 N–H and O–H groups in total. The van der Waals surface area contributed by atoms with Crippen LogP contribution in [0.2, 0.25) is 0 Å². The number of halogens is 3. The maximum Gasteiger partial charge on any atom is 0.471 e. The maximum atomic E-state index is 12.6. The van der Waals surface area contributed by atoms with Crippen LogP contribution in [-0.4, -0.2) is 24.5 Å². The van der Waals surface area contributed by atoms with E-state index in [4.69, 9.17) is 0 Å². The predicted molar refractivity (Wildman–Crippen MR) is 88.8 cm³/mol. The fraction of sp³-hybridized carbons (Fsp3) is 0.176. The maximum absolute atomic E-state index is 12.6. The molecule has 10 heteroatoms. The molecule has 1 aromatic carbocycles. The van der Waals surface area contributed by atoms with Gasteiger partial charge in [-0.15, -0.1) is 0 Å². The van der Waals surface area contributed by atoms with Crippen molar-refractivity contribution in [3.63, 3.8) is 0 Å². The van der Waals surface area contributed by atoms with Gasteiger partial charge in [-0.1, -0.05) is 17.3 Å². The van der Waals surface area contributed by atoms with Crippen LogP contribution in [0.3, 0.4) is 0 Å². The molecule has 0 saturated heterocycles. The molecule has 0 aliphatic carbocycles. The van der Waals surface area contributed by atoms with Crippen LogP contribution in [-0.2, 0) is 19.8 Å². The Morgan fingerprint density at radius 2 is 2.00 bits per heavy atom. The van der Waals surface area contributed by atoms with Crippen molar-refractivity contribution in [1.82, 2.24) is 24.5 Å². The van der Waals surface area contributed by atoms with Crippen LogP contribution in [0.15, 0.2) is 52.0 Å². The summed E-state index contributed by atoms with van der Waals surface area (Å²) in [6.07, 6.45) is -1.50. The largest absolute Gasteiger partial charge is 0.471 e. The fourth-order valence-corrected chi connectivity index (χ4v) is 2.72. The molecule has 0 atom stereocenters. The van der Waals surface area contributed by atoms with Gasteiger partial charge >= 0.3 is 12.1 Å². The van der Waals surface area contributed by atoms with E-state index in [2.05, 4.69) is 19.8 Å². The quantitative estimate of drug-likeness (QED) is 0.550. The molecular formula is C17H12F3N5O2. The number of benzene rings is 1. The highest BCUT2D eigenvalue weighted by atomic mass is 19.4. The van der Waals surface area contributed by atoms with E-state index in [0.717, 1.165) is 16.5 Å². The smallest absolute Gasteiger partial charge is 0.329 e. The molecule has 138 valence electrons. The third-order valence-electron chi connectivity index (χ3n) is 4.09. The third kappa shape index (κ3) is 3.21. The van der Waals surface area contributed by atoms with Gasteiger partial charge in [0.15, 0.2) is 0 Å². The molecule has 0 spiro atoms. The summed E-state index contributed by atoms with van der Waals surface area (Å²) in [5, 5.41) is 8.44. The zero-order chi connectivity index (χ0) is 19.2. The van der Waals surface area contributed by atoms with E-state index in [1.54, 1.807) is 10.9 Å². The SMILES string of the molecule is Cn1ncc2ccc(Cn3ccc(-c4noc(C(F)(F)F)n4)cc3=O)cc21. The summed E-state index contributed by atoms with van der Waals surface area (Å²) in [5.41, 5.74) is 1.58. The number of aryl methyl sites for hydroxylation is 1. The summed E-state index contributed by atoms with van der Waals surface area (Å²) in [7, 11) is 1.83. The van der Waals surface area contributed by atoms with Crippen molar-refractivity contribution in [3.05, 3.63) is 64.5 Å². The summed E-state index contributed by atoms with van der Waals surface area (Å²) in [5.74, 6) is -1.74. The second kappa shape index (κ2) is 6.08. The van der Waals surface area contributed by atoms with E-state index in [0.29, 0.717) is 6.54 Å². The monoisotopic (exact) mass is 375 g/mol. The number of fused-ring (bicyclic) bond motifs is 1. The van der Waals surface area contributed by atoms with Gasteiger partial charge in [0, 0.05) is 30.3 Å². The van der Waals surface area contributed by atoms with Gasteiger partial charge in [0.2, 0.25) is 5.82 Å². The van der Waals surface area contributed by atoms with E-state index in [1.165, 1.54) is 22.9 Å². The van der Waals surface area contributed by atoms with E-state index < -0.39 is 17.6 Å². The summed E-state index contributed by atoms with van der Waals surface area (Å²) < 4.78 is 45.0. The number of pyridine rings is 1. The fourth-order valence-electron chi connectivity index (χ4n) is 2.72. The second-order valence-electron chi connectivity index (χ2n) is 5.96. The lowest BCUT2D eigenvalue weighted by Gasteiger charge is -2.07. The number of aromatic nitrogens is 5. The van der Waals surface area contributed by atoms with Crippen molar-refractivity contribution < 1.29 is 17.7 Å². The van der Waals surface area contributed by atoms with Crippen LogP contribution in [0, 0.1) is 0 Å². The molecule has 4 rings (SSSR count). The van der Waals surface area contributed by atoms with E-state index in [-0.39, 0.29) is 11.4 Å². The van der Waals surface area contributed by atoms with Crippen LogP contribution >= 0.6 is 0 Å². The lowest BCUT2D eigenvalue weighted by molar-refractivity contribution is -0.159. The molecule has 3 heterocycles. The molecule has 0 aliphatic rings. The zero-order valence-corrected chi connectivity index (χ0v) is 13.9. The van der Waals surface area contributed by atoms with Crippen molar-refractivity contribution in [3.8, 4) is 11.4 Å². The standard InChI is InChI=1S/C17H12F3N5O2/c1-24-13-6-10(2-3-12(13)8-21-24)9-25-5-4-11(7-14(25)26)15-22-16(27-23-15)17(18,19)20/h2-8H,9H2,1H3. The van der Waals surface area contributed by atoms with E-state index >= 15 is 0 Å². The van der Waals surface area contributed by atoms with Crippen molar-refractivity contribution in [2.24, 2.45) is 7.05 Å². The normalized spacial score (nSPS) is 12.0. The molecule has 0 bridgehead atoms. The summed E-state index contributed by atoms with van der Waals surface area (Å²) in [6, 6.07) is 8.37. The van der Waals surface area contributed by atoms with Crippen LogP contribution in [0.1, 0.15) is 11.5 Å². The van der Waals surface area contributed by atoms with E-state index in [1.807, 2.05) is 25.2 Å². The van der Waals surface area contributed by atoms with Gasteiger partial charge in [0.25, 0.3) is 5.56 Å². The van der Waals surface area contributed by atoms with Gasteiger partial charge in [0.05, 0.1) is 18.3 Å². The molecule has 0 saturated carbocycles. The molecule has 0 fully saturated rings. The molecule has 7 nitrogen and oxygen atoms in total. The minimum atomic E-state index is -4.73. The van der Waals surface area contributed by atoms with Gasteiger partial charge in [-0.3, -0.25) is 9.48 Å². The number of nitrogens with zero attached hydrogens (tertiary/aromatic N) is 5. The average Bonchev–Trinajstić information content (AvgIpc) is 3.24. The van der Waals surface area contributed by atoms with Crippen LogP contribution in [0.25, 0.3) is 22.3 Å². The molecule has 0 aliphatic heterocycles. The topological polar surface area (TPSA) is 78.7 Å². The molecule has 27 heavy (non-hydrogen) atoms. The molecule has 4 aromatic rings. The minimum absolute atomic E-state index is 0.151. The predicted octanol–water partition coefficient (Wildman–Crippen LogP) is 2.85. The van der Waals surface area contributed by atoms with Crippen LogP contribution < -0.4 is 5.56 Å². The van der Waals surface area contributed by atoms with Gasteiger partial charge in [-0.2, -0.15) is 23.3 Å². The summed E-state index contributed by atoms with van der Waals surface area (Å²) in [4.78, 5) is 15.6. The molecule has 0 radical (unpaired) electrons. The Kier molecular flexibility index (Phi) is 3.83.